The molecule has 144 valence electrons. The molecule has 0 aliphatic heterocycles. The number of imidazole rings is 2. The van der Waals surface area contributed by atoms with E-state index in [0.29, 0.717) is 29.0 Å². The Hall–Kier alpha value is -3.42. The number of aryl methyl sites for hydroxylation is 2. The lowest BCUT2D eigenvalue weighted by molar-refractivity contribution is 0.623. The van der Waals surface area contributed by atoms with E-state index in [2.05, 4.69) is 11.6 Å². The van der Waals surface area contributed by atoms with Gasteiger partial charge in [-0.25, -0.2) is 9.18 Å². The third kappa shape index (κ3) is 2.45. The van der Waals surface area contributed by atoms with Gasteiger partial charge in [0.25, 0.3) is 5.56 Å². The Kier molecular flexibility index (Phi) is 4.06. The molecule has 4 rings (SSSR count). The molecule has 4 aromatic rings. The van der Waals surface area contributed by atoms with Gasteiger partial charge in [-0.1, -0.05) is 18.2 Å². The summed E-state index contributed by atoms with van der Waals surface area (Å²) in [6, 6.07) is 5.74. The van der Waals surface area contributed by atoms with Gasteiger partial charge in [0.15, 0.2) is 11.2 Å². The van der Waals surface area contributed by atoms with E-state index in [9.17, 15) is 14.0 Å². The SMILES string of the molecule is C=CCn1c(C)c(C)n2c3c(=O)n(Cc4ccc(F)cc4)c(=O)n(C)c3nc12. The van der Waals surface area contributed by atoms with Crippen molar-refractivity contribution >= 4 is 16.9 Å². The average Bonchev–Trinajstić information content (AvgIpc) is 3.17. The first kappa shape index (κ1) is 18.0. The lowest BCUT2D eigenvalue weighted by atomic mass is 10.2. The van der Waals surface area contributed by atoms with Gasteiger partial charge in [-0.3, -0.25) is 18.3 Å². The van der Waals surface area contributed by atoms with Crippen molar-refractivity contribution in [1.82, 2.24) is 23.1 Å². The maximum absolute atomic E-state index is 13.3. The number of halogens is 1. The Balaban J connectivity index is 2.05. The summed E-state index contributed by atoms with van der Waals surface area (Å²) in [5, 5.41) is 0. The maximum atomic E-state index is 13.3. The highest BCUT2D eigenvalue weighted by Crippen LogP contribution is 2.20. The standard InChI is InChI=1S/C20H20FN5O2/c1-5-10-24-12(2)13(3)26-16-17(22-19(24)26)23(4)20(28)25(18(16)27)11-14-6-8-15(21)9-7-14/h5-9H,1,10-11H2,2-4H3. The summed E-state index contributed by atoms with van der Waals surface area (Å²) >= 11 is 0. The molecule has 3 aromatic heterocycles. The molecule has 28 heavy (non-hydrogen) atoms. The Bertz CT molecular complexity index is 1350. The average molecular weight is 381 g/mol. The van der Waals surface area contributed by atoms with Crippen molar-refractivity contribution in [1.29, 1.82) is 0 Å². The molecule has 3 heterocycles. The number of benzene rings is 1. The summed E-state index contributed by atoms with van der Waals surface area (Å²) < 4.78 is 19.5. The fourth-order valence-electron chi connectivity index (χ4n) is 3.57. The van der Waals surface area contributed by atoms with Crippen molar-refractivity contribution < 1.29 is 4.39 Å². The van der Waals surface area contributed by atoms with Crippen LogP contribution in [0.15, 0.2) is 46.5 Å². The van der Waals surface area contributed by atoms with Crippen molar-refractivity contribution in [3.63, 3.8) is 0 Å². The summed E-state index contributed by atoms with van der Waals surface area (Å²) in [6.07, 6.45) is 1.76. The zero-order valence-electron chi connectivity index (χ0n) is 15.9. The Morgan fingerprint density at radius 3 is 2.43 bits per heavy atom. The van der Waals surface area contributed by atoms with Crippen LogP contribution in [0, 0.1) is 19.7 Å². The number of aromatic nitrogens is 5. The Labute approximate surface area is 159 Å². The van der Waals surface area contributed by atoms with E-state index in [1.54, 1.807) is 29.7 Å². The molecule has 0 amide bonds. The summed E-state index contributed by atoms with van der Waals surface area (Å²) in [6.45, 7) is 8.25. The van der Waals surface area contributed by atoms with Crippen LogP contribution in [0.3, 0.4) is 0 Å². The fraction of sp³-hybridized carbons (Fsp3) is 0.250. The van der Waals surface area contributed by atoms with Crippen LogP contribution in [0.25, 0.3) is 16.9 Å². The lowest BCUT2D eigenvalue weighted by Crippen LogP contribution is -2.39. The fourth-order valence-corrected chi connectivity index (χ4v) is 3.57. The number of hydrogen-bond donors (Lipinski definition) is 0. The second-order valence-corrected chi connectivity index (χ2v) is 6.85. The van der Waals surface area contributed by atoms with E-state index in [-0.39, 0.29) is 12.4 Å². The molecule has 0 saturated carbocycles. The minimum Gasteiger partial charge on any atom is -0.310 e. The van der Waals surface area contributed by atoms with Crippen LogP contribution in [0.1, 0.15) is 17.0 Å². The van der Waals surface area contributed by atoms with E-state index in [4.69, 9.17) is 0 Å². The molecule has 0 fully saturated rings. The zero-order valence-corrected chi connectivity index (χ0v) is 15.9. The molecule has 0 N–H and O–H groups in total. The first-order valence-corrected chi connectivity index (χ1v) is 8.88. The lowest BCUT2D eigenvalue weighted by Gasteiger charge is -2.08. The summed E-state index contributed by atoms with van der Waals surface area (Å²) in [4.78, 5) is 30.7. The van der Waals surface area contributed by atoms with Gasteiger partial charge < -0.3 is 4.57 Å². The smallest absolute Gasteiger partial charge is 0.310 e. The minimum atomic E-state index is -0.466. The molecule has 0 aliphatic rings. The second kappa shape index (κ2) is 6.33. The molecule has 0 bridgehead atoms. The predicted octanol–water partition coefficient (Wildman–Crippen LogP) is 2.14. The van der Waals surface area contributed by atoms with Gasteiger partial charge in [0.1, 0.15) is 5.82 Å². The summed E-state index contributed by atoms with van der Waals surface area (Å²) in [5.74, 6) is 0.225. The number of allylic oxidation sites excluding steroid dienone is 1. The van der Waals surface area contributed by atoms with Crippen LogP contribution in [-0.2, 0) is 20.1 Å². The third-order valence-corrected chi connectivity index (χ3v) is 5.20. The van der Waals surface area contributed by atoms with Gasteiger partial charge in [-0.15, -0.1) is 6.58 Å². The van der Waals surface area contributed by atoms with E-state index >= 15 is 0 Å². The number of fused-ring (bicyclic) bond motifs is 3. The topological polar surface area (TPSA) is 66.2 Å². The van der Waals surface area contributed by atoms with Crippen LogP contribution in [0.2, 0.25) is 0 Å². The summed E-state index contributed by atoms with van der Waals surface area (Å²) in [5.41, 5.74) is 2.31. The van der Waals surface area contributed by atoms with Crippen molar-refractivity contribution in [2.24, 2.45) is 7.05 Å². The molecule has 0 radical (unpaired) electrons. The van der Waals surface area contributed by atoms with Gasteiger partial charge in [0.2, 0.25) is 5.78 Å². The van der Waals surface area contributed by atoms with E-state index in [1.807, 2.05) is 18.4 Å². The molecule has 0 aliphatic carbocycles. The molecular weight excluding hydrogens is 361 g/mol. The third-order valence-electron chi connectivity index (χ3n) is 5.20. The monoisotopic (exact) mass is 381 g/mol. The molecule has 0 unspecified atom stereocenters. The molecular formula is C20H20FN5O2. The van der Waals surface area contributed by atoms with E-state index in [1.165, 1.54) is 16.7 Å². The molecule has 1 aromatic carbocycles. The molecule has 0 spiro atoms. The number of rotatable bonds is 4. The van der Waals surface area contributed by atoms with Crippen molar-refractivity contribution in [2.45, 2.75) is 26.9 Å². The van der Waals surface area contributed by atoms with Crippen molar-refractivity contribution in [3.8, 4) is 0 Å². The van der Waals surface area contributed by atoms with Gasteiger partial charge in [-0.2, -0.15) is 4.98 Å². The normalized spacial score (nSPS) is 11.6. The zero-order chi connectivity index (χ0) is 20.2. The van der Waals surface area contributed by atoms with Crippen LogP contribution in [0.4, 0.5) is 4.39 Å². The highest BCUT2D eigenvalue weighted by molar-refractivity contribution is 5.76. The Morgan fingerprint density at radius 2 is 1.79 bits per heavy atom. The first-order chi connectivity index (χ1) is 13.3. The van der Waals surface area contributed by atoms with Crippen molar-refractivity contribution in [3.05, 3.63) is 80.5 Å². The molecule has 8 heteroatoms. The number of hydrogen-bond acceptors (Lipinski definition) is 3. The molecule has 0 saturated heterocycles. The van der Waals surface area contributed by atoms with Crippen LogP contribution < -0.4 is 11.2 Å². The van der Waals surface area contributed by atoms with Crippen LogP contribution in [0.5, 0.6) is 0 Å². The first-order valence-electron chi connectivity index (χ1n) is 8.88. The molecule has 7 nitrogen and oxygen atoms in total. The molecule has 0 atom stereocenters. The largest absolute Gasteiger partial charge is 0.332 e. The van der Waals surface area contributed by atoms with Gasteiger partial charge >= 0.3 is 5.69 Å². The van der Waals surface area contributed by atoms with Gasteiger partial charge in [0.05, 0.1) is 6.54 Å². The van der Waals surface area contributed by atoms with Gasteiger partial charge in [-0.05, 0) is 31.5 Å². The Morgan fingerprint density at radius 1 is 1.11 bits per heavy atom. The predicted molar refractivity (Wildman–Crippen MR) is 105 cm³/mol. The maximum Gasteiger partial charge on any atom is 0.332 e. The van der Waals surface area contributed by atoms with E-state index in [0.717, 1.165) is 16.0 Å². The second-order valence-electron chi connectivity index (χ2n) is 6.85. The van der Waals surface area contributed by atoms with Crippen LogP contribution >= 0.6 is 0 Å². The van der Waals surface area contributed by atoms with Gasteiger partial charge in [0, 0.05) is 25.0 Å². The van der Waals surface area contributed by atoms with Crippen molar-refractivity contribution in [2.75, 3.05) is 0 Å². The highest BCUT2D eigenvalue weighted by Gasteiger charge is 2.22. The number of nitrogens with zero attached hydrogens (tertiary/aromatic N) is 5. The minimum absolute atomic E-state index is 0.0559. The highest BCUT2D eigenvalue weighted by atomic mass is 19.1. The van der Waals surface area contributed by atoms with Crippen LogP contribution in [-0.4, -0.2) is 23.1 Å². The summed E-state index contributed by atoms with van der Waals surface area (Å²) in [7, 11) is 1.59. The quantitative estimate of drug-likeness (QED) is 0.509. The van der Waals surface area contributed by atoms with E-state index < -0.39 is 11.2 Å².